The van der Waals surface area contributed by atoms with Crippen LogP contribution >= 0.6 is 0 Å². The zero-order valence-corrected chi connectivity index (χ0v) is 17.8. The molecular formula is C20H28N4O5S. The number of nitrogens with zero attached hydrogens (tertiary/aromatic N) is 4. The van der Waals surface area contributed by atoms with Gasteiger partial charge >= 0.3 is 0 Å². The van der Waals surface area contributed by atoms with Gasteiger partial charge < -0.3 is 9.80 Å². The van der Waals surface area contributed by atoms with E-state index in [1.54, 1.807) is 6.07 Å². The van der Waals surface area contributed by atoms with E-state index in [0.29, 0.717) is 44.7 Å². The second-order valence-corrected chi connectivity index (χ2v) is 10.2. The summed E-state index contributed by atoms with van der Waals surface area (Å²) in [4.78, 5) is 27.3. The number of rotatable bonds is 5. The summed E-state index contributed by atoms with van der Waals surface area (Å²) < 4.78 is 27.9. The Morgan fingerprint density at radius 3 is 2.17 bits per heavy atom. The Balaban J connectivity index is 1.56. The summed E-state index contributed by atoms with van der Waals surface area (Å²) in [6, 6.07) is 4.09. The lowest BCUT2D eigenvalue weighted by Crippen LogP contribution is -2.42. The molecule has 0 atom stereocenters. The molecule has 0 unspecified atom stereocenters. The molecule has 164 valence electrons. The van der Waals surface area contributed by atoms with Crippen molar-refractivity contribution in [2.45, 2.75) is 43.4 Å². The number of nitro benzene ring substituents is 1. The van der Waals surface area contributed by atoms with E-state index in [-0.39, 0.29) is 22.4 Å². The van der Waals surface area contributed by atoms with Gasteiger partial charge in [0, 0.05) is 57.3 Å². The average Bonchev–Trinajstić information content (AvgIpc) is 3.47. The molecule has 0 saturated carbocycles. The molecular weight excluding hydrogens is 408 g/mol. The second kappa shape index (κ2) is 8.50. The van der Waals surface area contributed by atoms with Crippen molar-refractivity contribution in [2.75, 3.05) is 44.2 Å². The number of carbonyl (C=O) groups is 1. The first-order chi connectivity index (χ1) is 14.4. The number of benzene rings is 1. The van der Waals surface area contributed by atoms with E-state index < -0.39 is 14.9 Å². The first-order valence-electron chi connectivity index (χ1n) is 10.7. The number of hydrogen-bond acceptors (Lipinski definition) is 6. The molecule has 3 aliphatic heterocycles. The zero-order valence-electron chi connectivity index (χ0n) is 17.0. The molecule has 0 aromatic heterocycles. The molecule has 30 heavy (non-hydrogen) atoms. The highest BCUT2D eigenvalue weighted by molar-refractivity contribution is 7.89. The van der Waals surface area contributed by atoms with Crippen molar-refractivity contribution in [3.63, 3.8) is 0 Å². The Labute approximate surface area is 176 Å². The summed E-state index contributed by atoms with van der Waals surface area (Å²) in [6.07, 6.45) is 5.04. The Morgan fingerprint density at radius 2 is 1.57 bits per heavy atom. The molecule has 9 nitrogen and oxygen atoms in total. The molecule has 3 fully saturated rings. The third kappa shape index (κ3) is 4.02. The average molecular weight is 437 g/mol. The van der Waals surface area contributed by atoms with Crippen molar-refractivity contribution in [1.82, 2.24) is 9.21 Å². The number of carbonyl (C=O) groups excluding carboxylic acids is 1. The van der Waals surface area contributed by atoms with E-state index in [0.717, 1.165) is 38.8 Å². The third-order valence-corrected chi connectivity index (χ3v) is 8.37. The van der Waals surface area contributed by atoms with Crippen LogP contribution in [0.4, 0.5) is 11.4 Å². The van der Waals surface area contributed by atoms with Gasteiger partial charge in [0.15, 0.2) is 0 Å². The molecule has 3 aliphatic rings. The number of sulfonamides is 1. The lowest BCUT2D eigenvalue weighted by molar-refractivity contribution is -0.385. The number of likely N-dealkylation sites (tertiary alicyclic amines) is 1. The van der Waals surface area contributed by atoms with Crippen LogP contribution in [-0.2, 0) is 14.8 Å². The standard InChI is InChI=1S/C20H28N4O5S/c25-20(22-9-1-2-10-22)16-7-13-21(14-8-16)18-6-5-17(24(26)27)15-19(18)30(28,29)23-11-3-4-12-23/h5-6,15-16H,1-4,7-14H2. The largest absolute Gasteiger partial charge is 0.370 e. The highest BCUT2D eigenvalue weighted by Crippen LogP contribution is 2.35. The molecule has 0 spiro atoms. The van der Waals surface area contributed by atoms with E-state index in [2.05, 4.69) is 0 Å². The fraction of sp³-hybridized carbons (Fsp3) is 0.650. The Morgan fingerprint density at radius 1 is 0.967 bits per heavy atom. The summed E-state index contributed by atoms with van der Waals surface area (Å²) in [7, 11) is -3.81. The van der Waals surface area contributed by atoms with E-state index in [4.69, 9.17) is 0 Å². The quantitative estimate of drug-likeness (QED) is 0.518. The molecule has 0 bridgehead atoms. The molecule has 0 aliphatic carbocycles. The van der Waals surface area contributed by atoms with E-state index in [9.17, 15) is 23.3 Å². The summed E-state index contributed by atoms with van der Waals surface area (Å²) in [5.41, 5.74) is 0.273. The Bertz CT molecular complexity index is 915. The van der Waals surface area contributed by atoms with Gasteiger partial charge in [-0.1, -0.05) is 0 Å². The van der Waals surface area contributed by atoms with Crippen LogP contribution in [-0.4, -0.2) is 67.7 Å². The van der Waals surface area contributed by atoms with Gasteiger partial charge in [0.1, 0.15) is 4.90 Å². The van der Waals surface area contributed by atoms with Gasteiger partial charge in [-0.2, -0.15) is 4.31 Å². The summed E-state index contributed by atoms with van der Waals surface area (Å²) >= 11 is 0. The van der Waals surface area contributed by atoms with Gasteiger partial charge in [-0.05, 0) is 44.6 Å². The van der Waals surface area contributed by atoms with Crippen molar-refractivity contribution in [1.29, 1.82) is 0 Å². The molecule has 0 N–H and O–H groups in total. The fourth-order valence-corrected chi connectivity index (χ4v) is 6.46. The first-order valence-corrected chi connectivity index (χ1v) is 12.1. The lowest BCUT2D eigenvalue weighted by atomic mass is 9.95. The Hall–Kier alpha value is -2.20. The minimum atomic E-state index is -3.81. The normalized spacial score (nSPS) is 21.3. The predicted octanol–water partition coefficient (Wildman–Crippen LogP) is 2.22. The molecule has 10 heteroatoms. The zero-order chi connectivity index (χ0) is 21.3. The van der Waals surface area contributed by atoms with Gasteiger partial charge in [-0.25, -0.2) is 8.42 Å². The van der Waals surface area contributed by atoms with Crippen molar-refractivity contribution in [2.24, 2.45) is 5.92 Å². The minimum absolute atomic E-state index is 0.00270. The van der Waals surface area contributed by atoms with Crippen molar-refractivity contribution >= 4 is 27.3 Å². The van der Waals surface area contributed by atoms with Crippen LogP contribution in [0.1, 0.15) is 38.5 Å². The molecule has 3 saturated heterocycles. The van der Waals surface area contributed by atoms with Gasteiger partial charge in [-0.15, -0.1) is 0 Å². The van der Waals surface area contributed by atoms with Crippen LogP contribution in [0.15, 0.2) is 23.1 Å². The first kappa shape index (κ1) is 21.0. The Kier molecular flexibility index (Phi) is 5.97. The molecule has 3 heterocycles. The fourth-order valence-electron chi connectivity index (χ4n) is 4.71. The summed E-state index contributed by atoms with van der Waals surface area (Å²) in [6.45, 7) is 3.67. The van der Waals surface area contributed by atoms with Gasteiger partial charge in [0.2, 0.25) is 15.9 Å². The molecule has 0 radical (unpaired) electrons. The van der Waals surface area contributed by atoms with Crippen LogP contribution in [0.3, 0.4) is 0 Å². The van der Waals surface area contributed by atoms with Gasteiger partial charge in [0.25, 0.3) is 5.69 Å². The molecule has 1 aromatic carbocycles. The van der Waals surface area contributed by atoms with E-state index in [1.807, 2.05) is 9.80 Å². The number of hydrogen-bond donors (Lipinski definition) is 0. The maximum Gasteiger partial charge on any atom is 0.270 e. The topological polar surface area (TPSA) is 104 Å². The minimum Gasteiger partial charge on any atom is -0.370 e. The van der Waals surface area contributed by atoms with Crippen LogP contribution in [0.2, 0.25) is 0 Å². The number of piperidine rings is 1. The van der Waals surface area contributed by atoms with Crippen molar-refractivity contribution in [3.8, 4) is 0 Å². The van der Waals surface area contributed by atoms with Crippen LogP contribution < -0.4 is 4.90 Å². The molecule has 1 amide bonds. The van der Waals surface area contributed by atoms with Gasteiger partial charge in [-0.3, -0.25) is 14.9 Å². The van der Waals surface area contributed by atoms with E-state index in [1.165, 1.54) is 16.4 Å². The number of non-ortho nitro benzene ring substituents is 1. The highest BCUT2D eigenvalue weighted by atomic mass is 32.2. The number of amides is 1. The highest BCUT2D eigenvalue weighted by Gasteiger charge is 2.35. The SMILES string of the molecule is O=C(C1CCN(c2ccc([N+](=O)[O-])cc2S(=O)(=O)N2CCCC2)CC1)N1CCCC1. The van der Waals surface area contributed by atoms with E-state index >= 15 is 0 Å². The van der Waals surface area contributed by atoms with Crippen LogP contribution in [0.25, 0.3) is 0 Å². The third-order valence-electron chi connectivity index (χ3n) is 6.44. The van der Waals surface area contributed by atoms with Crippen molar-refractivity contribution in [3.05, 3.63) is 28.3 Å². The summed E-state index contributed by atoms with van der Waals surface area (Å²) in [5.74, 6) is 0.178. The number of nitro groups is 1. The van der Waals surface area contributed by atoms with Crippen molar-refractivity contribution < 1.29 is 18.1 Å². The smallest absolute Gasteiger partial charge is 0.270 e. The van der Waals surface area contributed by atoms with Gasteiger partial charge in [0.05, 0.1) is 10.6 Å². The second-order valence-electron chi connectivity index (χ2n) is 8.31. The molecule has 4 rings (SSSR count). The lowest BCUT2D eigenvalue weighted by Gasteiger charge is -2.35. The van der Waals surface area contributed by atoms with Crippen LogP contribution in [0, 0.1) is 16.0 Å². The van der Waals surface area contributed by atoms with Crippen LogP contribution in [0.5, 0.6) is 0 Å². The number of anilines is 1. The molecule has 1 aromatic rings. The monoisotopic (exact) mass is 436 g/mol. The predicted molar refractivity (Wildman–Crippen MR) is 112 cm³/mol. The maximum atomic E-state index is 13.2. The maximum absolute atomic E-state index is 13.2. The summed E-state index contributed by atoms with van der Waals surface area (Å²) in [5, 5.41) is 11.3.